The predicted octanol–water partition coefficient (Wildman–Crippen LogP) is 6.61. The molecular weight excluding hydrogens is 1800 g/mol. The number of nitrogens with two attached hydrogens (primary N) is 9. The molecule has 45 heteroatoms. The first-order valence-electron chi connectivity index (χ1n) is 45.4. The third-order valence-corrected chi connectivity index (χ3v) is 25.7. The van der Waals surface area contributed by atoms with E-state index in [0.717, 1.165) is 110 Å². The molecule has 13 aromatic rings. The second kappa shape index (κ2) is 43.5. The highest BCUT2D eigenvalue weighted by Gasteiger charge is 2.43. The van der Waals surface area contributed by atoms with Gasteiger partial charge in [-0.05, 0) is 185 Å². The summed E-state index contributed by atoms with van der Waals surface area (Å²) in [5.41, 5.74) is 60.8. The lowest BCUT2D eigenvalue weighted by molar-refractivity contribution is 0.0991. The number of aromatic nitrogens is 14. The SMILES string of the molecule is C[C@@H]1CN(c2ccc(C#N)cn2)CC[C@@H]1Nc1c(C(N)=O)cnn2cccc12.C[C@@H]1CN(c2ccc(C#N)nn2)CC[C@@H]1Nc1c(C(N)=O)cnn2cccc12.N#C/C(N)=C/C=C(\N)N1CC[C@@H](Nc2c(C(N)=O)cnn3cccc23)[C@@H](F)C1.N#C/C(N)=C/C=C(\N)N1[C@@H]2CC[C@H]1CC(Nc1c(C(N)=O)cnn3cccc13)C2.N#Cc1ccc(N2CC[C@@H](Nc3c(C(N)=O)cnn4cccc34)[C@@H](F)C2)nc1. The Hall–Kier alpha value is -18.3. The van der Waals surface area contributed by atoms with E-state index in [0.29, 0.717) is 117 Å². The van der Waals surface area contributed by atoms with Crippen LogP contribution in [0.15, 0.2) is 219 Å². The first-order valence-corrected chi connectivity index (χ1v) is 45.4. The summed E-state index contributed by atoms with van der Waals surface area (Å²) >= 11 is 0. The van der Waals surface area contributed by atoms with E-state index in [4.69, 9.17) is 77.9 Å². The van der Waals surface area contributed by atoms with Crippen LogP contribution in [0, 0.1) is 68.5 Å². The fourth-order valence-electron chi connectivity index (χ4n) is 18.5. The van der Waals surface area contributed by atoms with Crippen LogP contribution in [0.4, 0.5) is 54.7 Å². The zero-order valence-corrected chi connectivity index (χ0v) is 76.9. The molecule has 19 heterocycles. The van der Waals surface area contributed by atoms with Crippen LogP contribution in [0.1, 0.15) is 134 Å². The lowest BCUT2D eigenvalue weighted by atomic mass is 9.93. The van der Waals surface area contributed by atoms with Gasteiger partial charge in [-0.1, -0.05) is 13.8 Å². The maximum Gasteiger partial charge on any atom is 0.252 e. The van der Waals surface area contributed by atoms with Gasteiger partial charge in [0.15, 0.2) is 11.5 Å². The lowest BCUT2D eigenvalue weighted by Gasteiger charge is -2.41. The van der Waals surface area contributed by atoms with Gasteiger partial charge >= 0.3 is 0 Å². The molecule has 722 valence electrons. The molecule has 19 rings (SSSR count). The van der Waals surface area contributed by atoms with Crippen LogP contribution >= 0.6 is 0 Å². The summed E-state index contributed by atoms with van der Waals surface area (Å²) in [7, 11) is 0. The Morgan fingerprint density at radius 3 is 1.04 bits per heavy atom. The van der Waals surface area contributed by atoms with Gasteiger partial charge in [-0.25, -0.2) is 41.3 Å². The number of halogens is 2. The number of carbonyl (C=O) groups excluding carboxylic acids is 5. The van der Waals surface area contributed by atoms with Crippen LogP contribution in [0.2, 0.25) is 0 Å². The summed E-state index contributed by atoms with van der Waals surface area (Å²) in [6, 6.07) is 39.0. The van der Waals surface area contributed by atoms with Gasteiger partial charge in [0, 0.05) is 113 Å². The Balaban J connectivity index is 0.000000133. The smallest absolute Gasteiger partial charge is 0.252 e. The van der Waals surface area contributed by atoms with Crippen LogP contribution in [0.5, 0.6) is 0 Å². The van der Waals surface area contributed by atoms with E-state index in [1.165, 1.54) is 49.3 Å². The van der Waals surface area contributed by atoms with Gasteiger partial charge in [0.1, 0.15) is 65.7 Å². The van der Waals surface area contributed by atoms with Crippen LogP contribution in [0.25, 0.3) is 27.6 Å². The Morgan fingerprint density at radius 1 is 0.376 bits per heavy atom. The molecule has 0 aromatic carbocycles. The molecule has 0 radical (unpaired) electrons. The van der Waals surface area contributed by atoms with E-state index in [1.54, 1.807) is 113 Å². The van der Waals surface area contributed by atoms with Crippen molar-refractivity contribution < 1.29 is 32.8 Å². The molecule has 6 aliphatic rings. The number of nitriles is 5. The number of alkyl halides is 2. The normalized spacial score (nSPS) is 20.7. The van der Waals surface area contributed by atoms with E-state index < -0.39 is 54.0 Å². The number of hydrogen-bond donors (Lipinski definition) is 14. The van der Waals surface area contributed by atoms with E-state index in [9.17, 15) is 32.8 Å². The van der Waals surface area contributed by atoms with Crippen molar-refractivity contribution >= 4 is 103 Å². The third kappa shape index (κ3) is 22.3. The number of nitrogens with zero attached hydrogens (tertiary/aromatic N) is 24. The third-order valence-electron chi connectivity index (χ3n) is 25.7. The maximum atomic E-state index is 15.0. The van der Waals surface area contributed by atoms with E-state index in [1.807, 2.05) is 90.2 Å². The molecule has 0 saturated carbocycles. The molecule has 6 fully saturated rings. The molecule has 1 unspecified atom stereocenters. The minimum Gasteiger partial charge on any atom is -0.390 e. The number of nitrogens with one attached hydrogen (secondary N) is 5. The van der Waals surface area contributed by atoms with Crippen LogP contribution in [0.3, 0.4) is 0 Å². The molecule has 43 nitrogen and oxygen atoms in total. The monoisotopic (exact) mass is 1910 g/mol. The van der Waals surface area contributed by atoms with Gasteiger partial charge in [-0.3, -0.25) is 24.0 Å². The highest BCUT2D eigenvalue weighted by Crippen LogP contribution is 2.41. The Labute approximate surface area is 806 Å². The number of amides is 5. The molecule has 11 atom stereocenters. The average Bonchev–Trinajstić information content (AvgIpc) is 1.65. The number of rotatable bonds is 22. The fourth-order valence-corrected chi connectivity index (χ4v) is 18.5. The largest absolute Gasteiger partial charge is 0.390 e. The number of anilines is 8. The molecule has 0 spiro atoms. The van der Waals surface area contributed by atoms with Gasteiger partial charge < -0.3 is 103 Å². The Kier molecular flexibility index (Phi) is 30.0. The standard InChI is InChI=1S/C20H24N8O.C20H21N7O.C19H18FN7O.C19H20N8O.C18H21FN8O/c21-10-12(22)3-6-18(23)28-14-4-5-15(28)9-13(8-14)26-19-16(20(24)29)11-25-27-7-1-2-17(19)27;1-13-12-26(18-5-4-14(9-21)10-23-18)8-6-16(13)25-19-15(20(22)28)11-24-27-7-2-3-17(19)27;20-14-11-26(17-4-3-12(8-21)9-23-17)7-5-15(14)25-18-13(19(22)28)10-24-27-6-1-2-16(18)27;1-12-11-26(17-5-4-13(9-20)24-25-17)8-6-15(12)23-18-14(19(21)28)10-22-27-7-2-3-16(18)27;19-13-10-26(16(22)4-3-11(21)8-20)7-5-14(13)25-17-12(18(23)28)9-24-27-6-1-2-15(17)27/h1-3,6-7,11,13-15,26H,4-5,8-9,22-23H2,(H2,24,29);2-5,7,10-11,13,16,25H,6,8,12H2,1H3,(H2,22,28);1-4,6,9-10,14-15,25H,5,7,11H2,(H2,22,28);2-5,7,10,12,15,23H,6,8,11H2,1H3,(H2,21,28);1-4,6,9,13-14,25H,5,7,10,21-22H2,(H2,23,28)/b12-3-,18-6+;;;;11-3-,16-4+/t13?,14-,15+;13-,16+;14-,15+;12-,15+;13-,14+/m.1010/s1. The van der Waals surface area contributed by atoms with E-state index in [2.05, 4.69) is 107 Å². The second-order valence-corrected chi connectivity index (χ2v) is 34.8. The minimum absolute atomic E-state index is 0.0178. The summed E-state index contributed by atoms with van der Waals surface area (Å²) in [4.78, 5) is 78.0. The summed E-state index contributed by atoms with van der Waals surface area (Å²) in [6.45, 7) is 8.86. The highest BCUT2D eigenvalue weighted by molar-refractivity contribution is 6.05. The fraction of sp³-hybridized carbons (Fsp3) is 0.302. The summed E-state index contributed by atoms with van der Waals surface area (Å²) in [5, 5.41) is 90.1. The molecule has 13 aromatic heterocycles. The predicted molar refractivity (Wildman–Crippen MR) is 523 cm³/mol. The summed E-state index contributed by atoms with van der Waals surface area (Å²) in [5.74, 6) is 1.08. The minimum atomic E-state index is -1.25. The van der Waals surface area contributed by atoms with Gasteiger partial charge in [0.05, 0.1) is 163 Å². The van der Waals surface area contributed by atoms with Gasteiger partial charge in [0.2, 0.25) is 0 Å². The first-order chi connectivity index (χ1) is 68.1. The second-order valence-electron chi connectivity index (χ2n) is 34.8. The summed E-state index contributed by atoms with van der Waals surface area (Å²) < 4.78 is 38.2. The first kappa shape index (κ1) is 97.2. The Bertz CT molecular complexity index is 6730. The molecule has 6 saturated heterocycles. The topological polar surface area (TPSA) is 653 Å². The zero-order valence-electron chi connectivity index (χ0n) is 76.9. The molecule has 6 aliphatic heterocycles. The van der Waals surface area contributed by atoms with Crippen LogP contribution in [-0.4, -0.2) is 215 Å². The molecule has 0 aliphatic carbocycles. The van der Waals surface area contributed by atoms with Crippen LogP contribution < -0.4 is 92.9 Å². The number of hydrogen-bond acceptors (Lipinski definition) is 33. The number of likely N-dealkylation sites (tertiary alicyclic amines) is 1. The van der Waals surface area contributed by atoms with E-state index in [-0.39, 0.29) is 59.7 Å². The lowest BCUT2D eigenvalue weighted by Crippen LogP contribution is -2.48. The number of allylic oxidation sites excluding steroid dienone is 6. The number of fused-ring (bicyclic) bond motifs is 7. The Morgan fingerprint density at radius 2 is 0.716 bits per heavy atom. The molecule has 5 amide bonds. The van der Waals surface area contributed by atoms with Gasteiger partial charge in [-0.15, -0.1) is 10.2 Å². The van der Waals surface area contributed by atoms with Crippen molar-refractivity contribution in [1.82, 2.24) is 78.0 Å². The number of pyridine rings is 2. The highest BCUT2D eigenvalue weighted by atomic mass is 19.1. The molecule has 23 N–H and O–H groups in total. The number of primary amides is 5. The molecule has 2 bridgehead atoms. The van der Waals surface area contributed by atoms with Crippen molar-refractivity contribution in [3.05, 3.63) is 263 Å². The molecule has 141 heavy (non-hydrogen) atoms. The van der Waals surface area contributed by atoms with Crippen molar-refractivity contribution in [3.8, 4) is 30.3 Å². The zero-order chi connectivity index (χ0) is 99.8. The van der Waals surface area contributed by atoms with Crippen molar-refractivity contribution in [3.63, 3.8) is 0 Å². The van der Waals surface area contributed by atoms with Crippen molar-refractivity contribution in [2.75, 3.05) is 93.6 Å². The van der Waals surface area contributed by atoms with Gasteiger partial charge in [-0.2, -0.15) is 51.8 Å². The van der Waals surface area contributed by atoms with Crippen molar-refractivity contribution in [1.29, 1.82) is 26.3 Å². The van der Waals surface area contributed by atoms with E-state index >= 15 is 0 Å². The maximum absolute atomic E-state index is 15.0. The van der Waals surface area contributed by atoms with Gasteiger partial charge in [0.25, 0.3) is 29.5 Å². The summed E-state index contributed by atoms with van der Waals surface area (Å²) in [6.07, 6.45) is 29.6. The molecular formula is C96H104F2N38O5. The van der Waals surface area contributed by atoms with Crippen molar-refractivity contribution in [2.24, 2.45) is 63.4 Å². The average molecular weight is 1910 g/mol. The van der Waals surface area contributed by atoms with Crippen molar-refractivity contribution in [2.45, 2.75) is 120 Å². The van der Waals surface area contributed by atoms with Crippen LogP contribution in [-0.2, 0) is 0 Å². The quantitative estimate of drug-likeness (QED) is 0.0251. The number of carbonyl (C=O) groups is 5. The number of piperidine rings is 5.